The number of cyclic esters (lactones) is 2. The van der Waals surface area contributed by atoms with Gasteiger partial charge in [0.2, 0.25) is 0 Å². The molecule has 16 heavy (non-hydrogen) atoms. The van der Waals surface area contributed by atoms with Crippen molar-refractivity contribution in [2.45, 2.75) is 20.3 Å². The standard InChI is InChI=1S/C11H16O5/c1-4-11(5-14-9(12)8(2)3)6-15-10(13)16-7-11/h2,4-7H2,1,3H3. The van der Waals surface area contributed by atoms with Gasteiger partial charge in [-0.1, -0.05) is 13.5 Å². The molecule has 1 aliphatic heterocycles. The lowest BCUT2D eigenvalue weighted by molar-refractivity contribution is -0.149. The second-order valence-corrected chi connectivity index (χ2v) is 4.04. The molecule has 1 aliphatic rings. The number of esters is 1. The van der Waals surface area contributed by atoms with E-state index in [0.29, 0.717) is 12.0 Å². The Labute approximate surface area is 94.4 Å². The molecule has 90 valence electrons. The third kappa shape index (κ3) is 2.98. The fourth-order valence-electron chi connectivity index (χ4n) is 1.24. The first-order valence-corrected chi connectivity index (χ1v) is 5.11. The Bertz CT molecular complexity index is 297. The van der Waals surface area contributed by atoms with E-state index in [2.05, 4.69) is 6.58 Å². The summed E-state index contributed by atoms with van der Waals surface area (Å²) in [6, 6.07) is 0. The minimum atomic E-state index is -0.671. The maximum Gasteiger partial charge on any atom is 0.508 e. The number of hydrogen-bond donors (Lipinski definition) is 0. The molecule has 0 aliphatic carbocycles. The Balaban J connectivity index is 2.51. The van der Waals surface area contributed by atoms with Gasteiger partial charge in [-0.25, -0.2) is 9.59 Å². The van der Waals surface area contributed by atoms with Gasteiger partial charge in [0, 0.05) is 5.57 Å². The van der Waals surface area contributed by atoms with E-state index in [1.165, 1.54) is 0 Å². The van der Waals surface area contributed by atoms with Crippen molar-refractivity contribution < 1.29 is 23.8 Å². The number of rotatable bonds is 4. The zero-order valence-electron chi connectivity index (χ0n) is 9.58. The van der Waals surface area contributed by atoms with Gasteiger partial charge >= 0.3 is 12.1 Å². The van der Waals surface area contributed by atoms with E-state index >= 15 is 0 Å². The third-order valence-corrected chi connectivity index (χ3v) is 2.60. The van der Waals surface area contributed by atoms with Crippen LogP contribution in [0.3, 0.4) is 0 Å². The number of hydrogen-bond acceptors (Lipinski definition) is 5. The minimum Gasteiger partial charge on any atom is -0.461 e. The topological polar surface area (TPSA) is 61.8 Å². The van der Waals surface area contributed by atoms with Gasteiger partial charge in [-0.3, -0.25) is 0 Å². The lowest BCUT2D eigenvalue weighted by Gasteiger charge is -2.34. The van der Waals surface area contributed by atoms with Gasteiger partial charge in [-0.15, -0.1) is 0 Å². The van der Waals surface area contributed by atoms with Crippen LogP contribution in [0.25, 0.3) is 0 Å². The maximum absolute atomic E-state index is 11.2. The van der Waals surface area contributed by atoms with Crippen LogP contribution in [0.2, 0.25) is 0 Å². The Hall–Kier alpha value is -1.52. The fraction of sp³-hybridized carbons (Fsp3) is 0.636. The van der Waals surface area contributed by atoms with Crippen LogP contribution in [0.4, 0.5) is 4.79 Å². The molecular weight excluding hydrogens is 212 g/mol. The lowest BCUT2D eigenvalue weighted by atomic mass is 9.87. The van der Waals surface area contributed by atoms with Crippen molar-refractivity contribution >= 4 is 12.1 Å². The average molecular weight is 228 g/mol. The average Bonchev–Trinajstić information content (AvgIpc) is 2.28. The van der Waals surface area contributed by atoms with Gasteiger partial charge in [0.25, 0.3) is 0 Å². The molecule has 0 saturated carbocycles. The Morgan fingerprint density at radius 2 is 2.06 bits per heavy atom. The number of ether oxygens (including phenoxy) is 3. The van der Waals surface area contributed by atoms with E-state index in [0.717, 1.165) is 0 Å². The molecule has 0 unspecified atom stereocenters. The summed E-state index contributed by atoms with van der Waals surface area (Å²) in [7, 11) is 0. The van der Waals surface area contributed by atoms with Crippen LogP contribution in [0.1, 0.15) is 20.3 Å². The zero-order chi connectivity index (χ0) is 12.2. The summed E-state index contributed by atoms with van der Waals surface area (Å²) in [5.74, 6) is -0.440. The van der Waals surface area contributed by atoms with Gasteiger partial charge in [0.1, 0.15) is 19.8 Å². The molecule has 0 bridgehead atoms. The van der Waals surface area contributed by atoms with Crippen LogP contribution >= 0.6 is 0 Å². The van der Waals surface area contributed by atoms with E-state index in [1.807, 2.05) is 6.92 Å². The highest BCUT2D eigenvalue weighted by Crippen LogP contribution is 2.27. The molecule has 1 heterocycles. The molecule has 0 aromatic heterocycles. The predicted octanol–water partition coefficient (Wildman–Crippen LogP) is 1.67. The first-order chi connectivity index (χ1) is 7.49. The number of carbonyl (C=O) groups is 2. The first kappa shape index (κ1) is 12.5. The highest BCUT2D eigenvalue weighted by atomic mass is 16.7. The van der Waals surface area contributed by atoms with E-state index in [4.69, 9.17) is 14.2 Å². The van der Waals surface area contributed by atoms with Crippen LogP contribution in [-0.4, -0.2) is 31.9 Å². The van der Waals surface area contributed by atoms with Crippen LogP contribution < -0.4 is 0 Å². The Kier molecular flexibility index (Phi) is 3.93. The van der Waals surface area contributed by atoms with E-state index < -0.39 is 17.5 Å². The van der Waals surface area contributed by atoms with Gasteiger partial charge < -0.3 is 14.2 Å². The summed E-state index contributed by atoms with van der Waals surface area (Å²) >= 11 is 0. The molecule has 1 fully saturated rings. The Morgan fingerprint density at radius 1 is 1.50 bits per heavy atom. The van der Waals surface area contributed by atoms with Gasteiger partial charge in [-0.05, 0) is 13.3 Å². The predicted molar refractivity (Wildman–Crippen MR) is 55.8 cm³/mol. The second-order valence-electron chi connectivity index (χ2n) is 4.04. The van der Waals surface area contributed by atoms with Crippen molar-refractivity contribution in [3.63, 3.8) is 0 Å². The van der Waals surface area contributed by atoms with Crippen molar-refractivity contribution in [1.29, 1.82) is 0 Å². The van der Waals surface area contributed by atoms with Crippen molar-refractivity contribution in [3.05, 3.63) is 12.2 Å². The number of carbonyl (C=O) groups excluding carboxylic acids is 2. The van der Waals surface area contributed by atoms with Crippen molar-refractivity contribution in [3.8, 4) is 0 Å². The highest BCUT2D eigenvalue weighted by Gasteiger charge is 2.37. The first-order valence-electron chi connectivity index (χ1n) is 5.11. The summed E-state index contributed by atoms with van der Waals surface area (Å²) < 4.78 is 14.7. The highest BCUT2D eigenvalue weighted by molar-refractivity contribution is 5.86. The summed E-state index contributed by atoms with van der Waals surface area (Å²) in [6.07, 6.45) is 0.0271. The van der Waals surface area contributed by atoms with Crippen LogP contribution in [-0.2, 0) is 19.0 Å². The van der Waals surface area contributed by atoms with Gasteiger partial charge in [0.05, 0.1) is 5.41 Å². The molecule has 1 saturated heterocycles. The molecule has 1 rings (SSSR count). The van der Waals surface area contributed by atoms with Gasteiger partial charge in [0.15, 0.2) is 0 Å². The molecule has 0 aromatic carbocycles. The summed E-state index contributed by atoms with van der Waals surface area (Å²) in [5, 5.41) is 0. The molecule has 5 nitrogen and oxygen atoms in total. The van der Waals surface area contributed by atoms with Crippen LogP contribution in [0, 0.1) is 5.41 Å². The molecule has 0 amide bonds. The largest absolute Gasteiger partial charge is 0.508 e. The second kappa shape index (κ2) is 5.01. The summed E-state index contributed by atoms with van der Waals surface area (Å²) in [5.41, 5.74) is -0.0843. The molecule has 0 aromatic rings. The molecular formula is C11H16O5. The van der Waals surface area contributed by atoms with Gasteiger partial charge in [-0.2, -0.15) is 0 Å². The Morgan fingerprint density at radius 3 is 2.50 bits per heavy atom. The smallest absolute Gasteiger partial charge is 0.461 e. The molecule has 0 radical (unpaired) electrons. The van der Waals surface area contributed by atoms with Crippen molar-refractivity contribution in [1.82, 2.24) is 0 Å². The summed E-state index contributed by atoms with van der Waals surface area (Å²) in [6.45, 7) is 7.59. The monoisotopic (exact) mass is 228 g/mol. The third-order valence-electron chi connectivity index (χ3n) is 2.60. The minimum absolute atomic E-state index is 0.169. The normalized spacial score (nSPS) is 18.2. The maximum atomic E-state index is 11.2. The van der Waals surface area contributed by atoms with Crippen molar-refractivity contribution in [2.24, 2.45) is 5.41 Å². The van der Waals surface area contributed by atoms with Crippen LogP contribution in [0.15, 0.2) is 12.2 Å². The quantitative estimate of drug-likeness (QED) is 0.541. The van der Waals surface area contributed by atoms with E-state index in [1.54, 1.807) is 6.92 Å². The molecule has 0 atom stereocenters. The van der Waals surface area contributed by atoms with E-state index in [-0.39, 0.29) is 19.8 Å². The lowest BCUT2D eigenvalue weighted by Crippen LogP contribution is -2.43. The molecule has 0 spiro atoms. The fourth-order valence-corrected chi connectivity index (χ4v) is 1.24. The SMILES string of the molecule is C=C(C)C(=O)OCC1(CC)COC(=O)OC1. The van der Waals surface area contributed by atoms with Crippen molar-refractivity contribution in [2.75, 3.05) is 19.8 Å². The zero-order valence-corrected chi connectivity index (χ0v) is 9.58. The molecule has 5 heteroatoms. The molecule has 0 N–H and O–H groups in total. The summed E-state index contributed by atoms with van der Waals surface area (Å²) in [4.78, 5) is 22.0. The van der Waals surface area contributed by atoms with Crippen LogP contribution in [0.5, 0.6) is 0 Å². The van der Waals surface area contributed by atoms with E-state index in [9.17, 15) is 9.59 Å².